The second-order valence-electron chi connectivity index (χ2n) is 11.7. The van der Waals surface area contributed by atoms with Gasteiger partial charge in [-0.25, -0.2) is 17.6 Å². The Hall–Kier alpha value is -5.31. The molecule has 0 aromatic heterocycles. The quantitative estimate of drug-likeness (QED) is 0.0928. The van der Waals surface area contributed by atoms with Gasteiger partial charge in [-0.2, -0.15) is 0 Å². The van der Waals surface area contributed by atoms with Crippen LogP contribution in [0.25, 0.3) is 0 Å². The fraction of sp³-hybridized carbons (Fsp3) is 0. The molecule has 0 unspecified atom stereocenters. The summed E-state index contributed by atoms with van der Waals surface area (Å²) in [7, 11) is -7.97. The highest BCUT2D eigenvalue weighted by Crippen LogP contribution is 2.21. The summed E-state index contributed by atoms with van der Waals surface area (Å²) in [4.78, 5) is 0. The van der Waals surface area contributed by atoms with Gasteiger partial charge >= 0.3 is 0 Å². The summed E-state index contributed by atoms with van der Waals surface area (Å²) in [6.45, 7) is 0. The van der Waals surface area contributed by atoms with Crippen molar-refractivity contribution in [2.24, 2.45) is 0 Å². The zero-order chi connectivity index (χ0) is 33.1. The van der Waals surface area contributed by atoms with E-state index in [1.807, 2.05) is 36.4 Å². The Bertz CT molecular complexity index is 1770. The molecule has 0 aliphatic heterocycles. The highest BCUT2D eigenvalue weighted by Gasteiger charge is 2.52. The minimum atomic E-state index is -3.99. The van der Waals surface area contributed by atoms with Crippen LogP contribution in [-0.4, -0.2) is 16.1 Å². The van der Waals surface area contributed by atoms with Crippen LogP contribution in [0.5, 0.6) is 0 Å². The molecule has 0 bridgehead atoms. The highest BCUT2D eigenvalue weighted by atomic mass is 28.3. The molecule has 0 aliphatic carbocycles. The first-order valence-electron chi connectivity index (χ1n) is 15.7. The van der Waals surface area contributed by atoms with Gasteiger partial charge in [0.25, 0.3) is 0 Å². The first-order valence-corrected chi connectivity index (χ1v) is 19.7. The van der Waals surface area contributed by atoms with Crippen molar-refractivity contribution < 1.29 is 17.6 Å². The van der Waals surface area contributed by atoms with Crippen LogP contribution in [0.4, 0.5) is 17.6 Å². The van der Waals surface area contributed by atoms with Crippen LogP contribution in [0.1, 0.15) is 0 Å². The van der Waals surface area contributed by atoms with Gasteiger partial charge in [0.1, 0.15) is 0 Å². The van der Waals surface area contributed by atoms with Gasteiger partial charge in [0, 0.05) is 10.4 Å². The number of hydrogen-bond acceptors (Lipinski definition) is 0. The summed E-state index contributed by atoms with van der Waals surface area (Å²) >= 11 is 0. The molecule has 234 valence electrons. The molecule has 7 aromatic rings. The summed E-state index contributed by atoms with van der Waals surface area (Å²) in [5.74, 6) is -5.47. The van der Waals surface area contributed by atoms with Crippen molar-refractivity contribution in [1.82, 2.24) is 0 Å². The van der Waals surface area contributed by atoms with Crippen molar-refractivity contribution in [3.63, 3.8) is 0 Å². The Morgan fingerprint density at radius 1 is 0.229 bits per heavy atom. The van der Waals surface area contributed by atoms with Gasteiger partial charge in [0.15, 0.2) is 39.4 Å². The Balaban J connectivity index is 1.67. The molecule has 0 nitrogen and oxygen atoms in total. The lowest BCUT2D eigenvalue weighted by Gasteiger charge is -2.38. The monoisotopic (exact) mass is 666 g/mol. The average molecular weight is 667 g/mol. The first kappa shape index (κ1) is 31.3. The lowest BCUT2D eigenvalue weighted by Crippen LogP contribution is -2.79. The fourth-order valence-corrected chi connectivity index (χ4v) is 16.9. The van der Waals surface area contributed by atoms with E-state index in [0.717, 1.165) is 0 Å². The Morgan fingerprint density at radius 2 is 0.375 bits per heavy atom. The average Bonchev–Trinajstić information content (AvgIpc) is 3.16. The molecule has 0 N–H and O–H groups in total. The van der Waals surface area contributed by atoms with Crippen molar-refractivity contribution in [2.75, 3.05) is 0 Å². The third-order valence-corrected chi connectivity index (χ3v) is 18.8. The summed E-state index contributed by atoms with van der Waals surface area (Å²) in [6.07, 6.45) is 0. The maximum absolute atomic E-state index is 17.6. The van der Waals surface area contributed by atoms with Gasteiger partial charge < -0.3 is 0 Å². The summed E-state index contributed by atoms with van der Waals surface area (Å²) in [6, 6.07) is 53.9. The van der Waals surface area contributed by atoms with E-state index in [-0.39, 0.29) is 0 Å². The number of halogens is 4. The lowest BCUT2D eigenvalue weighted by atomic mass is 10.3. The molecule has 48 heavy (non-hydrogen) atoms. The highest BCUT2D eigenvalue weighted by molar-refractivity contribution is 7.21. The minimum Gasteiger partial charge on any atom is -0.204 e. The second-order valence-corrected chi connectivity index (χ2v) is 19.2. The number of benzene rings is 7. The predicted molar refractivity (Wildman–Crippen MR) is 194 cm³/mol. The molecule has 0 saturated heterocycles. The Kier molecular flexibility index (Phi) is 8.52. The van der Waals surface area contributed by atoms with Gasteiger partial charge in [-0.1, -0.05) is 182 Å². The van der Waals surface area contributed by atoms with Crippen LogP contribution in [0.3, 0.4) is 0 Å². The van der Waals surface area contributed by atoms with Gasteiger partial charge in [-0.15, -0.1) is 0 Å². The predicted octanol–water partition coefficient (Wildman–Crippen LogP) is 5.00. The maximum Gasteiger partial charge on any atom is 0.187 e. The molecular weight excluding hydrogens is 637 g/mol. The molecule has 0 aliphatic rings. The lowest BCUT2D eigenvalue weighted by molar-refractivity contribution is 0.471. The van der Waals surface area contributed by atoms with Crippen LogP contribution < -0.4 is 41.5 Å². The van der Waals surface area contributed by atoms with Crippen molar-refractivity contribution in [3.05, 3.63) is 205 Å². The van der Waals surface area contributed by atoms with Crippen LogP contribution in [0.2, 0.25) is 0 Å². The standard InChI is InChI=1S/C42H30F4Si2/c43-37-39(45)42(48(34-25-13-4-14-26-34,35-27-15-5-16-28-35)36-29-17-6-18-30-36)40(46)38(44)41(37)47(31-19-7-1-8-20-31,32-21-9-2-10-22-32)33-23-11-3-12-24-33/h1-30H. The topological polar surface area (TPSA) is 0 Å². The van der Waals surface area contributed by atoms with Gasteiger partial charge in [0.2, 0.25) is 0 Å². The van der Waals surface area contributed by atoms with Crippen molar-refractivity contribution >= 4 is 57.6 Å². The van der Waals surface area contributed by atoms with E-state index >= 15 is 17.6 Å². The molecule has 0 heterocycles. The fourth-order valence-electron chi connectivity index (χ4n) is 7.29. The van der Waals surface area contributed by atoms with E-state index in [4.69, 9.17) is 0 Å². The molecule has 0 fully saturated rings. The molecule has 0 saturated carbocycles. The van der Waals surface area contributed by atoms with E-state index in [1.54, 1.807) is 146 Å². The summed E-state index contributed by atoms with van der Waals surface area (Å²) < 4.78 is 70.4. The molecule has 7 rings (SSSR count). The smallest absolute Gasteiger partial charge is 0.187 e. The third kappa shape index (κ3) is 4.87. The minimum absolute atomic E-state index is 0.568. The van der Waals surface area contributed by atoms with E-state index in [9.17, 15) is 0 Å². The normalized spacial score (nSPS) is 11.8. The van der Waals surface area contributed by atoms with Crippen LogP contribution >= 0.6 is 0 Å². The van der Waals surface area contributed by atoms with Gasteiger partial charge in [-0.05, 0) is 31.1 Å². The molecule has 0 amide bonds. The number of hydrogen-bond donors (Lipinski definition) is 0. The zero-order valence-electron chi connectivity index (χ0n) is 25.8. The summed E-state index contributed by atoms with van der Waals surface area (Å²) in [5, 5.41) is 2.47. The van der Waals surface area contributed by atoms with E-state index in [0.29, 0.717) is 31.1 Å². The van der Waals surface area contributed by atoms with Crippen molar-refractivity contribution in [1.29, 1.82) is 0 Å². The van der Waals surface area contributed by atoms with Crippen LogP contribution in [0.15, 0.2) is 182 Å². The van der Waals surface area contributed by atoms with Gasteiger partial charge in [-0.3, -0.25) is 0 Å². The zero-order valence-corrected chi connectivity index (χ0v) is 27.8. The first-order chi connectivity index (χ1) is 23.5. The molecule has 0 spiro atoms. The number of rotatable bonds is 8. The molecule has 0 atom stereocenters. The SMILES string of the molecule is Fc1c(F)c([Si](c2ccccc2)(c2ccccc2)c2ccccc2)c(F)c(F)c1[Si](c1ccccc1)(c1ccccc1)c1ccccc1. The molecule has 7 aromatic carbocycles. The van der Waals surface area contributed by atoms with Crippen molar-refractivity contribution in [2.45, 2.75) is 0 Å². The van der Waals surface area contributed by atoms with E-state index in [2.05, 4.69) is 0 Å². The third-order valence-electron chi connectivity index (χ3n) is 9.25. The largest absolute Gasteiger partial charge is 0.204 e. The Labute approximate surface area is 279 Å². The van der Waals surface area contributed by atoms with Gasteiger partial charge in [0.05, 0.1) is 0 Å². The maximum atomic E-state index is 17.6. The van der Waals surface area contributed by atoms with E-state index < -0.39 is 49.8 Å². The van der Waals surface area contributed by atoms with Crippen LogP contribution in [0, 0.1) is 23.3 Å². The van der Waals surface area contributed by atoms with E-state index in [1.165, 1.54) is 0 Å². The molecular formula is C42H30F4Si2. The van der Waals surface area contributed by atoms with Crippen LogP contribution in [-0.2, 0) is 0 Å². The van der Waals surface area contributed by atoms with Crippen molar-refractivity contribution in [3.8, 4) is 0 Å². The second kappa shape index (κ2) is 13.1. The summed E-state index contributed by atoms with van der Waals surface area (Å²) in [5.41, 5.74) is 0. The molecule has 6 heteroatoms. The molecule has 0 radical (unpaired) electrons. The Morgan fingerprint density at radius 3 is 0.521 bits per heavy atom.